The first-order chi connectivity index (χ1) is 4.61. The summed E-state index contributed by atoms with van der Waals surface area (Å²) in [5.74, 6) is -0.442. The minimum absolute atomic E-state index is 0.105. The van der Waals surface area contributed by atoms with E-state index < -0.39 is 0 Å². The molecule has 10 heavy (non-hydrogen) atoms. The van der Waals surface area contributed by atoms with Crippen molar-refractivity contribution in [3.05, 3.63) is 12.2 Å². The van der Waals surface area contributed by atoms with Crippen LogP contribution in [0.5, 0.6) is 0 Å². The quantitative estimate of drug-likeness (QED) is 0.294. The molecule has 0 N–H and O–H groups in total. The maximum atomic E-state index is 10.8. The monoisotopic (exact) mass is 154 g/mol. The predicted molar refractivity (Wildman–Crippen MR) is 41.0 cm³/mol. The summed E-state index contributed by atoms with van der Waals surface area (Å²) in [4.78, 5) is 22.1. The van der Waals surface area contributed by atoms with Crippen LogP contribution in [-0.2, 0) is 9.59 Å². The van der Waals surface area contributed by atoms with E-state index in [0.29, 0.717) is 4.86 Å². The van der Waals surface area contributed by atoms with E-state index >= 15 is 0 Å². The van der Waals surface area contributed by atoms with E-state index in [1.54, 1.807) is 0 Å². The molecule has 0 spiro atoms. The van der Waals surface area contributed by atoms with Crippen LogP contribution in [0.3, 0.4) is 0 Å². The number of hydrogen-bond acceptors (Lipinski definition) is 3. The number of rotatable bonds is 0. The SMILES string of the molecule is C=C1C(=O)CC(=S)CC1=O. The Balaban J connectivity index is 2.86. The van der Waals surface area contributed by atoms with Crippen molar-refractivity contribution in [3.8, 4) is 0 Å². The molecule has 0 heterocycles. The fourth-order valence-electron chi connectivity index (χ4n) is 0.790. The molecule has 0 saturated heterocycles. The van der Waals surface area contributed by atoms with Gasteiger partial charge in [-0.15, -0.1) is 0 Å². The Kier molecular flexibility index (Phi) is 1.76. The summed E-state index contributed by atoms with van der Waals surface area (Å²) in [6, 6.07) is 0. The van der Waals surface area contributed by atoms with Crippen molar-refractivity contribution in [2.75, 3.05) is 0 Å². The fourth-order valence-corrected chi connectivity index (χ4v) is 1.05. The molecule has 2 nitrogen and oxygen atoms in total. The van der Waals surface area contributed by atoms with Crippen molar-refractivity contribution in [3.63, 3.8) is 0 Å². The average Bonchev–Trinajstić information content (AvgIpc) is 1.82. The topological polar surface area (TPSA) is 34.1 Å². The van der Waals surface area contributed by atoms with E-state index in [1.165, 1.54) is 0 Å². The highest BCUT2D eigenvalue weighted by atomic mass is 32.1. The molecule has 0 atom stereocenters. The van der Waals surface area contributed by atoms with Crippen molar-refractivity contribution in [1.29, 1.82) is 0 Å². The largest absolute Gasteiger partial charge is 0.294 e. The van der Waals surface area contributed by atoms with Gasteiger partial charge < -0.3 is 0 Å². The van der Waals surface area contributed by atoms with Crippen molar-refractivity contribution in [2.24, 2.45) is 0 Å². The first-order valence-electron chi connectivity index (χ1n) is 2.88. The molecule has 3 heteroatoms. The number of thiocarbonyl (C=S) groups is 1. The van der Waals surface area contributed by atoms with Gasteiger partial charge in [0.2, 0.25) is 0 Å². The molecule has 0 aromatic heterocycles. The van der Waals surface area contributed by atoms with Gasteiger partial charge in [0, 0.05) is 17.7 Å². The van der Waals surface area contributed by atoms with Gasteiger partial charge in [0.15, 0.2) is 11.6 Å². The summed E-state index contributed by atoms with van der Waals surface area (Å²) in [5, 5.41) is 0. The van der Waals surface area contributed by atoms with E-state index in [2.05, 4.69) is 6.58 Å². The standard InChI is InChI=1S/C7H6O2S/c1-4-6(8)2-5(10)3-7(4)9/h1-3H2. The molecule has 0 aliphatic heterocycles. The van der Waals surface area contributed by atoms with Crippen LogP contribution in [0.4, 0.5) is 0 Å². The van der Waals surface area contributed by atoms with E-state index in [9.17, 15) is 9.59 Å². The van der Waals surface area contributed by atoms with Crippen LogP contribution in [0.2, 0.25) is 0 Å². The maximum absolute atomic E-state index is 10.8. The van der Waals surface area contributed by atoms with Gasteiger partial charge in [-0.2, -0.15) is 0 Å². The Morgan fingerprint density at radius 2 is 1.60 bits per heavy atom. The van der Waals surface area contributed by atoms with Crippen LogP contribution >= 0.6 is 12.2 Å². The molecule has 0 bridgehead atoms. The van der Waals surface area contributed by atoms with Gasteiger partial charge in [-0.05, 0) is 0 Å². The Morgan fingerprint density at radius 1 is 1.20 bits per heavy atom. The summed E-state index contributed by atoms with van der Waals surface area (Å²) in [5.41, 5.74) is 0.105. The van der Waals surface area contributed by atoms with Gasteiger partial charge >= 0.3 is 0 Å². The number of hydrogen-bond donors (Lipinski definition) is 0. The van der Waals surface area contributed by atoms with Crippen LogP contribution in [0.15, 0.2) is 12.2 Å². The van der Waals surface area contributed by atoms with Gasteiger partial charge in [0.1, 0.15) is 0 Å². The molecule has 1 aliphatic carbocycles. The fraction of sp³-hybridized carbons (Fsp3) is 0.286. The number of carbonyl (C=O) groups excluding carboxylic acids is 2. The molecule has 0 amide bonds. The molecule has 0 unspecified atom stereocenters. The normalized spacial score (nSPS) is 20.0. The minimum atomic E-state index is -0.221. The van der Waals surface area contributed by atoms with E-state index in [1.807, 2.05) is 0 Å². The molecule has 52 valence electrons. The lowest BCUT2D eigenvalue weighted by Gasteiger charge is -2.10. The van der Waals surface area contributed by atoms with Crippen LogP contribution < -0.4 is 0 Å². The third kappa shape index (κ3) is 1.19. The van der Waals surface area contributed by atoms with Crippen LogP contribution in [-0.4, -0.2) is 16.4 Å². The van der Waals surface area contributed by atoms with Crippen molar-refractivity contribution in [1.82, 2.24) is 0 Å². The molecule has 0 aromatic carbocycles. The second kappa shape index (κ2) is 2.42. The lowest BCUT2D eigenvalue weighted by molar-refractivity contribution is -0.121. The molecule has 1 aliphatic rings. The molecule has 1 fully saturated rings. The third-order valence-electron chi connectivity index (χ3n) is 1.39. The van der Waals surface area contributed by atoms with Crippen molar-refractivity contribution >= 4 is 28.6 Å². The summed E-state index contributed by atoms with van der Waals surface area (Å²) >= 11 is 4.73. The Labute approximate surface area is 63.9 Å². The Hall–Kier alpha value is -0.830. The molecular formula is C7H6O2S. The average molecular weight is 154 g/mol. The summed E-state index contributed by atoms with van der Waals surface area (Å²) in [6.45, 7) is 3.35. The zero-order valence-corrected chi connectivity index (χ0v) is 6.16. The van der Waals surface area contributed by atoms with Gasteiger partial charge in [0.05, 0.1) is 5.57 Å². The third-order valence-corrected chi connectivity index (χ3v) is 1.68. The smallest absolute Gasteiger partial charge is 0.170 e. The highest BCUT2D eigenvalue weighted by Gasteiger charge is 2.23. The molecule has 1 rings (SSSR count). The Morgan fingerprint density at radius 3 is 2.00 bits per heavy atom. The number of Topliss-reactive ketones (excluding diaryl/α,β-unsaturated/α-hetero) is 2. The van der Waals surface area contributed by atoms with Crippen molar-refractivity contribution < 1.29 is 9.59 Å². The molecule has 0 aromatic rings. The zero-order chi connectivity index (χ0) is 7.72. The van der Waals surface area contributed by atoms with Gasteiger partial charge in [-0.3, -0.25) is 9.59 Å². The summed E-state index contributed by atoms with van der Waals surface area (Å²) in [7, 11) is 0. The van der Waals surface area contributed by atoms with Gasteiger partial charge in [-0.1, -0.05) is 18.8 Å². The zero-order valence-electron chi connectivity index (χ0n) is 5.35. The van der Waals surface area contributed by atoms with Crippen molar-refractivity contribution in [2.45, 2.75) is 12.8 Å². The first-order valence-corrected chi connectivity index (χ1v) is 3.29. The molecule has 1 saturated carbocycles. The molecular weight excluding hydrogens is 148 g/mol. The minimum Gasteiger partial charge on any atom is -0.294 e. The number of ketones is 2. The maximum Gasteiger partial charge on any atom is 0.170 e. The first kappa shape index (κ1) is 7.28. The van der Waals surface area contributed by atoms with Gasteiger partial charge in [-0.25, -0.2) is 0 Å². The highest BCUT2D eigenvalue weighted by Crippen LogP contribution is 2.12. The molecule has 0 radical (unpaired) electrons. The number of allylic oxidation sites excluding steroid dienone is 1. The van der Waals surface area contributed by atoms with E-state index in [-0.39, 0.29) is 30.0 Å². The lowest BCUT2D eigenvalue weighted by atomic mass is 9.93. The van der Waals surface area contributed by atoms with Crippen LogP contribution in [0.1, 0.15) is 12.8 Å². The van der Waals surface area contributed by atoms with Crippen LogP contribution in [0, 0.1) is 0 Å². The lowest BCUT2D eigenvalue weighted by Crippen LogP contribution is -2.23. The van der Waals surface area contributed by atoms with Gasteiger partial charge in [0.25, 0.3) is 0 Å². The second-order valence-electron chi connectivity index (χ2n) is 2.22. The predicted octanol–water partition coefficient (Wildman–Crippen LogP) is 0.845. The Bertz CT molecular complexity index is 218. The summed E-state index contributed by atoms with van der Waals surface area (Å²) < 4.78 is 0. The van der Waals surface area contributed by atoms with E-state index in [0.717, 1.165) is 0 Å². The highest BCUT2D eigenvalue weighted by molar-refractivity contribution is 7.80. The van der Waals surface area contributed by atoms with Crippen LogP contribution in [0.25, 0.3) is 0 Å². The van der Waals surface area contributed by atoms with E-state index in [4.69, 9.17) is 12.2 Å². The number of carbonyl (C=O) groups is 2. The summed E-state index contributed by atoms with van der Waals surface area (Å²) in [6.07, 6.45) is 0.444. The second-order valence-corrected chi connectivity index (χ2v) is 2.79.